The van der Waals surface area contributed by atoms with Crippen molar-refractivity contribution in [2.45, 2.75) is 41.5 Å². The van der Waals surface area contributed by atoms with Crippen LogP contribution in [0.3, 0.4) is 0 Å². The van der Waals surface area contributed by atoms with Gasteiger partial charge in [0, 0.05) is 0 Å². The second-order valence-corrected chi connectivity index (χ2v) is 5.48. The van der Waals surface area contributed by atoms with Gasteiger partial charge in [-0.15, -0.1) is 11.8 Å². The zero-order valence-corrected chi connectivity index (χ0v) is 12.1. The van der Waals surface area contributed by atoms with Crippen LogP contribution in [0.15, 0.2) is 5.41 Å². The average Bonchev–Trinajstić information content (AvgIpc) is 2.28. The van der Waals surface area contributed by atoms with Crippen LogP contribution in [0.1, 0.15) is 40.3 Å². The topological polar surface area (TPSA) is 0 Å². The third kappa shape index (κ3) is 2.52. The van der Waals surface area contributed by atoms with E-state index in [1.807, 2.05) is 11.8 Å². The van der Waals surface area contributed by atoms with Gasteiger partial charge in [-0.3, -0.25) is 0 Å². The summed E-state index contributed by atoms with van der Waals surface area (Å²) in [5.41, 5.74) is 8.56. The average molecular weight is 234 g/mol. The largest absolute Gasteiger partial charge is 0.134 e. The molecule has 0 radical (unpaired) electrons. The van der Waals surface area contributed by atoms with Crippen LogP contribution in [-0.2, 0) is 0 Å². The summed E-state index contributed by atoms with van der Waals surface area (Å²) < 4.78 is 0. The Bertz CT molecular complexity index is 385. The lowest BCUT2D eigenvalue weighted by molar-refractivity contribution is 1.16. The quantitative estimate of drug-likeness (QED) is 0.713. The standard InChI is InChI=1S/C15H22S/c1-7-16-9-8-15-13(5)11(3)10(2)12(4)14(15)6/h8-9H,7H2,1-6H3/b9-8-. The predicted molar refractivity (Wildman–Crippen MR) is 77.3 cm³/mol. The van der Waals surface area contributed by atoms with Crippen molar-refractivity contribution in [3.05, 3.63) is 38.8 Å². The molecular formula is C15H22S. The van der Waals surface area contributed by atoms with Crippen molar-refractivity contribution in [2.75, 3.05) is 5.75 Å². The maximum absolute atomic E-state index is 2.26. The summed E-state index contributed by atoms with van der Waals surface area (Å²) in [6.07, 6.45) is 2.26. The lowest BCUT2D eigenvalue weighted by Gasteiger charge is -2.16. The lowest BCUT2D eigenvalue weighted by atomic mass is 9.90. The smallest absolute Gasteiger partial charge is 0.00544 e. The first-order chi connectivity index (χ1) is 7.50. The van der Waals surface area contributed by atoms with Gasteiger partial charge in [0.15, 0.2) is 0 Å². The molecule has 1 heteroatoms. The van der Waals surface area contributed by atoms with Gasteiger partial charge in [0.2, 0.25) is 0 Å². The van der Waals surface area contributed by atoms with Crippen LogP contribution >= 0.6 is 11.8 Å². The molecule has 0 fully saturated rings. The highest BCUT2D eigenvalue weighted by Crippen LogP contribution is 2.27. The lowest BCUT2D eigenvalue weighted by Crippen LogP contribution is -1.98. The Labute approximate surface area is 104 Å². The summed E-state index contributed by atoms with van der Waals surface area (Å²) in [5, 5.41) is 2.21. The molecular weight excluding hydrogens is 212 g/mol. The summed E-state index contributed by atoms with van der Waals surface area (Å²) in [7, 11) is 0. The molecule has 0 saturated heterocycles. The number of hydrogen-bond donors (Lipinski definition) is 0. The maximum atomic E-state index is 2.26. The number of hydrogen-bond acceptors (Lipinski definition) is 1. The molecule has 0 nitrogen and oxygen atoms in total. The number of benzene rings is 1. The fraction of sp³-hybridized carbons (Fsp3) is 0.467. The Hall–Kier alpha value is -0.690. The summed E-state index contributed by atoms with van der Waals surface area (Å²) in [6, 6.07) is 0. The van der Waals surface area contributed by atoms with Crippen LogP contribution in [0.4, 0.5) is 0 Å². The number of rotatable bonds is 3. The van der Waals surface area contributed by atoms with Crippen molar-refractivity contribution in [1.29, 1.82) is 0 Å². The van der Waals surface area contributed by atoms with Crippen molar-refractivity contribution < 1.29 is 0 Å². The highest BCUT2D eigenvalue weighted by molar-refractivity contribution is 8.02. The van der Waals surface area contributed by atoms with Gasteiger partial charge in [0.1, 0.15) is 0 Å². The zero-order valence-electron chi connectivity index (χ0n) is 11.3. The van der Waals surface area contributed by atoms with Gasteiger partial charge < -0.3 is 0 Å². The molecule has 0 heterocycles. The van der Waals surface area contributed by atoms with Gasteiger partial charge in [-0.25, -0.2) is 0 Å². The van der Waals surface area contributed by atoms with Gasteiger partial charge in [0.05, 0.1) is 0 Å². The molecule has 88 valence electrons. The Morgan fingerprint density at radius 1 is 0.812 bits per heavy atom. The molecule has 0 aliphatic heterocycles. The molecule has 0 aromatic heterocycles. The molecule has 0 aliphatic carbocycles. The van der Waals surface area contributed by atoms with Crippen LogP contribution in [-0.4, -0.2) is 5.75 Å². The van der Waals surface area contributed by atoms with E-state index in [-0.39, 0.29) is 0 Å². The van der Waals surface area contributed by atoms with E-state index >= 15 is 0 Å². The Kier molecular flexibility index (Phi) is 4.67. The fourth-order valence-electron chi connectivity index (χ4n) is 1.99. The summed E-state index contributed by atoms with van der Waals surface area (Å²) >= 11 is 1.86. The van der Waals surface area contributed by atoms with Crippen LogP contribution in [0.25, 0.3) is 6.08 Å². The second kappa shape index (κ2) is 5.58. The van der Waals surface area contributed by atoms with Crippen molar-refractivity contribution in [3.8, 4) is 0 Å². The first-order valence-corrected chi connectivity index (χ1v) is 6.90. The molecule has 16 heavy (non-hydrogen) atoms. The molecule has 0 spiro atoms. The molecule has 1 aromatic carbocycles. The molecule has 1 aromatic rings. The maximum Gasteiger partial charge on any atom is -0.00544 e. The summed E-state index contributed by atoms with van der Waals surface area (Å²) in [4.78, 5) is 0. The monoisotopic (exact) mass is 234 g/mol. The van der Waals surface area contributed by atoms with Gasteiger partial charge in [-0.05, 0) is 85.2 Å². The van der Waals surface area contributed by atoms with E-state index in [1.54, 1.807) is 0 Å². The SMILES string of the molecule is CCS/C=C\c1c(C)c(C)c(C)c(C)c1C. The minimum atomic E-state index is 1.14. The predicted octanol–water partition coefficient (Wildman–Crippen LogP) is 4.95. The van der Waals surface area contributed by atoms with E-state index in [0.29, 0.717) is 0 Å². The minimum Gasteiger partial charge on any atom is -0.134 e. The van der Waals surface area contributed by atoms with E-state index in [9.17, 15) is 0 Å². The van der Waals surface area contributed by atoms with Gasteiger partial charge >= 0.3 is 0 Å². The van der Waals surface area contributed by atoms with E-state index in [1.165, 1.54) is 33.4 Å². The van der Waals surface area contributed by atoms with Crippen molar-refractivity contribution in [3.63, 3.8) is 0 Å². The molecule has 0 N–H and O–H groups in total. The molecule has 0 bridgehead atoms. The van der Waals surface area contributed by atoms with E-state index < -0.39 is 0 Å². The van der Waals surface area contributed by atoms with Gasteiger partial charge in [-0.1, -0.05) is 6.92 Å². The third-order valence-corrected chi connectivity index (χ3v) is 4.22. The number of thioether (sulfide) groups is 1. The molecule has 0 aliphatic rings. The minimum absolute atomic E-state index is 1.14. The fourth-order valence-corrected chi connectivity index (χ4v) is 2.42. The molecule has 1 rings (SSSR count). The third-order valence-electron chi connectivity index (χ3n) is 3.56. The molecule has 0 saturated carbocycles. The van der Waals surface area contributed by atoms with Crippen LogP contribution in [0.2, 0.25) is 0 Å². The Morgan fingerprint density at radius 2 is 1.25 bits per heavy atom. The zero-order chi connectivity index (χ0) is 12.3. The first kappa shape index (κ1) is 13.4. The highest BCUT2D eigenvalue weighted by Gasteiger charge is 2.09. The van der Waals surface area contributed by atoms with E-state index in [4.69, 9.17) is 0 Å². The van der Waals surface area contributed by atoms with Crippen LogP contribution in [0.5, 0.6) is 0 Å². The van der Waals surface area contributed by atoms with E-state index in [0.717, 1.165) is 5.75 Å². The van der Waals surface area contributed by atoms with Crippen molar-refractivity contribution in [2.24, 2.45) is 0 Å². The van der Waals surface area contributed by atoms with Crippen LogP contribution in [0, 0.1) is 34.6 Å². The summed E-state index contributed by atoms with van der Waals surface area (Å²) in [6.45, 7) is 13.3. The Morgan fingerprint density at radius 3 is 1.69 bits per heavy atom. The van der Waals surface area contributed by atoms with Crippen molar-refractivity contribution in [1.82, 2.24) is 0 Å². The summed E-state index contributed by atoms with van der Waals surface area (Å²) in [5.74, 6) is 1.14. The first-order valence-electron chi connectivity index (χ1n) is 5.85. The Balaban J connectivity index is 3.29. The molecule has 0 atom stereocenters. The normalized spacial score (nSPS) is 11.4. The van der Waals surface area contributed by atoms with Gasteiger partial charge in [0.25, 0.3) is 0 Å². The van der Waals surface area contributed by atoms with Crippen LogP contribution < -0.4 is 0 Å². The highest BCUT2D eigenvalue weighted by atomic mass is 32.2. The van der Waals surface area contributed by atoms with E-state index in [2.05, 4.69) is 53.0 Å². The van der Waals surface area contributed by atoms with Crippen molar-refractivity contribution >= 4 is 17.8 Å². The second-order valence-electron chi connectivity index (χ2n) is 4.30. The molecule has 0 amide bonds. The van der Waals surface area contributed by atoms with Gasteiger partial charge in [-0.2, -0.15) is 0 Å². The molecule has 0 unspecified atom stereocenters.